The van der Waals surface area contributed by atoms with Crippen LogP contribution in [0.3, 0.4) is 0 Å². The van der Waals surface area contributed by atoms with Gasteiger partial charge in [-0.15, -0.1) is 0 Å². The minimum Gasteiger partial charge on any atom is -0.494 e. The van der Waals surface area contributed by atoms with Crippen LogP contribution in [0.15, 0.2) is 48.7 Å². The smallest absolute Gasteiger partial charge is 0.119 e. The van der Waals surface area contributed by atoms with E-state index in [1.807, 2.05) is 37.4 Å². The molecular formula is C16H18BrNO. The van der Waals surface area contributed by atoms with Gasteiger partial charge in [-0.05, 0) is 36.8 Å². The highest BCUT2D eigenvalue weighted by Gasteiger charge is 2.18. The van der Waals surface area contributed by atoms with Crippen LogP contribution in [0.5, 0.6) is 5.75 Å². The molecule has 100 valence electrons. The van der Waals surface area contributed by atoms with E-state index in [4.69, 9.17) is 4.74 Å². The largest absolute Gasteiger partial charge is 0.494 e. The van der Waals surface area contributed by atoms with Gasteiger partial charge in [-0.25, -0.2) is 0 Å². The van der Waals surface area contributed by atoms with E-state index in [9.17, 15) is 0 Å². The molecule has 1 heterocycles. The predicted molar refractivity (Wildman–Crippen MR) is 81.9 cm³/mol. The normalized spacial score (nSPS) is 13.8. The van der Waals surface area contributed by atoms with Gasteiger partial charge in [0.25, 0.3) is 0 Å². The minimum absolute atomic E-state index is 0.248. The van der Waals surface area contributed by atoms with Crippen LogP contribution in [0, 0.1) is 0 Å². The zero-order chi connectivity index (χ0) is 13.7. The molecule has 0 spiro atoms. The first-order valence-electron chi connectivity index (χ1n) is 6.50. The molecule has 0 bridgehead atoms. The van der Waals surface area contributed by atoms with E-state index in [-0.39, 0.29) is 4.83 Å². The molecule has 2 aromatic rings. The molecule has 0 N–H and O–H groups in total. The Labute approximate surface area is 123 Å². The molecule has 0 aliphatic rings. The number of hydrogen-bond acceptors (Lipinski definition) is 2. The summed E-state index contributed by atoms with van der Waals surface area (Å²) in [5.41, 5.74) is 2.33. The van der Waals surface area contributed by atoms with Gasteiger partial charge < -0.3 is 4.74 Å². The Hall–Kier alpha value is -1.35. The second kappa shape index (κ2) is 6.71. The Bertz CT molecular complexity index is 498. The Morgan fingerprint density at radius 2 is 1.89 bits per heavy atom. The van der Waals surface area contributed by atoms with E-state index in [1.165, 1.54) is 5.56 Å². The molecule has 2 unspecified atom stereocenters. The zero-order valence-corrected chi connectivity index (χ0v) is 12.8. The van der Waals surface area contributed by atoms with Crippen LogP contribution in [0.1, 0.15) is 35.8 Å². The quantitative estimate of drug-likeness (QED) is 0.744. The molecule has 0 amide bonds. The van der Waals surface area contributed by atoms with Crippen molar-refractivity contribution in [1.82, 2.24) is 4.98 Å². The maximum absolute atomic E-state index is 5.46. The first-order valence-corrected chi connectivity index (χ1v) is 7.41. The molecule has 2 atom stereocenters. The summed E-state index contributed by atoms with van der Waals surface area (Å²) >= 11 is 3.77. The van der Waals surface area contributed by atoms with Crippen LogP contribution in [0.4, 0.5) is 0 Å². The van der Waals surface area contributed by atoms with Gasteiger partial charge in [0.2, 0.25) is 0 Å². The van der Waals surface area contributed by atoms with Crippen LogP contribution >= 0.6 is 15.9 Å². The van der Waals surface area contributed by atoms with E-state index >= 15 is 0 Å². The highest BCUT2D eigenvalue weighted by atomic mass is 79.9. The Morgan fingerprint density at radius 1 is 1.16 bits per heavy atom. The third-order valence-electron chi connectivity index (χ3n) is 3.10. The summed E-state index contributed by atoms with van der Waals surface area (Å²) in [6, 6.07) is 14.3. The van der Waals surface area contributed by atoms with Gasteiger partial charge in [0.15, 0.2) is 0 Å². The lowest BCUT2D eigenvalue weighted by Crippen LogP contribution is -2.04. The van der Waals surface area contributed by atoms with Crippen LogP contribution in [-0.4, -0.2) is 11.6 Å². The van der Waals surface area contributed by atoms with Crippen LogP contribution in [0.2, 0.25) is 0 Å². The standard InChI is InChI=1S/C16H18BrNO/c1-3-19-14-9-7-13(8-10-14)16(17)12(2)15-6-4-5-11-18-15/h4-12,16H,3H2,1-2H3. The summed E-state index contributed by atoms with van der Waals surface area (Å²) in [5, 5.41) is 0. The molecule has 2 rings (SSSR count). The molecule has 0 radical (unpaired) electrons. The van der Waals surface area contributed by atoms with Crippen molar-refractivity contribution in [2.45, 2.75) is 24.6 Å². The van der Waals surface area contributed by atoms with Crippen molar-refractivity contribution in [3.8, 4) is 5.75 Å². The maximum Gasteiger partial charge on any atom is 0.119 e. The van der Waals surface area contributed by atoms with Crippen LogP contribution in [-0.2, 0) is 0 Å². The van der Waals surface area contributed by atoms with Crippen molar-refractivity contribution >= 4 is 15.9 Å². The van der Waals surface area contributed by atoms with E-state index in [1.54, 1.807) is 0 Å². The fraction of sp³-hybridized carbons (Fsp3) is 0.312. The van der Waals surface area contributed by atoms with Gasteiger partial charge in [0.05, 0.1) is 6.61 Å². The van der Waals surface area contributed by atoms with Crippen molar-refractivity contribution in [3.63, 3.8) is 0 Å². The maximum atomic E-state index is 5.46. The Balaban J connectivity index is 2.12. The predicted octanol–water partition coefficient (Wildman–Crippen LogP) is 4.72. The number of nitrogens with zero attached hydrogens (tertiary/aromatic N) is 1. The molecule has 19 heavy (non-hydrogen) atoms. The monoisotopic (exact) mass is 319 g/mol. The molecule has 3 heteroatoms. The van der Waals surface area contributed by atoms with Gasteiger partial charge >= 0.3 is 0 Å². The number of hydrogen-bond donors (Lipinski definition) is 0. The summed E-state index contributed by atoms with van der Waals surface area (Å²) in [7, 11) is 0. The molecule has 2 nitrogen and oxygen atoms in total. The lowest BCUT2D eigenvalue weighted by molar-refractivity contribution is 0.340. The van der Waals surface area contributed by atoms with Gasteiger partial charge in [0.1, 0.15) is 5.75 Å². The molecule has 1 aromatic heterocycles. The summed E-state index contributed by atoms with van der Waals surface area (Å²) in [4.78, 5) is 4.67. The molecule has 1 aromatic carbocycles. The third kappa shape index (κ3) is 3.57. The fourth-order valence-corrected chi connectivity index (χ4v) is 2.57. The summed E-state index contributed by atoms with van der Waals surface area (Å²) in [6.45, 7) is 4.87. The van der Waals surface area contributed by atoms with Crippen LogP contribution < -0.4 is 4.74 Å². The number of aromatic nitrogens is 1. The molecule has 0 saturated heterocycles. The van der Waals surface area contributed by atoms with Crippen LogP contribution in [0.25, 0.3) is 0 Å². The van der Waals surface area contributed by atoms with Crippen molar-refractivity contribution < 1.29 is 4.74 Å². The highest BCUT2D eigenvalue weighted by molar-refractivity contribution is 9.09. The summed E-state index contributed by atoms with van der Waals surface area (Å²) in [5.74, 6) is 1.23. The minimum atomic E-state index is 0.248. The molecule has 0 fully saturated rings. The second-order valence-corrected chi connectivity index (χ2v) is 5.43. The van der Waals surface area contributed by atoms with E-state index < -0.39 is 0 Å². The van der Waals surface area contributed by atoms with E-state index in [0.717, 1.165) is 11.4 Å². The number of pyridine rings is 1. The van der Waals surface area contributed by atoms with Crippen molar-refractivity contribution in [2.24, 2.45) is 0 Å². The van der Waals surface area contributed by atoms with Crippen molar-refractivity contribution in [1.29, 1.82) is 0 Å². The number of rotatable bonds is 5. The number of benzene rings is 1. The first kappa shape index (κ1) is 14.1. The van der Waals surface area contributed by atoms with Gasteiger partial charge in [0, 0.05) is 22.6 Å². The number of alkyl halides is 1. The average Bonchev–Trinajstić information content (AvgIpc) is 2.48. The first-order chi connectivity index (χ1) is 9.22. The van der Waals surface area contributed by atoms with E-state index in [2.05, 4.69) is 46.0 Å². The summed E-state index contributed by atoms with van der Waals surface area (Å²) < 4.78 is 5.46. The number of ether oxygens (including phenoxy) is 1. The van der Waals surface area contributed by atoms with Crippen molar-refractivity contribution in [3.05, 3.63) is 59.9 Å². The molecule has 0 aliphatic heterocycles. The SMILES string of the molecule is CCOc1ccc(C(Br)C(C)c2ccccn2)cc1. The fourth-order valence-electron chi connectivity index (χ4n) is 2.00. The average molecular weight is 320 g/mol. The number of halogens is 1. The van der Waals surface area contributed by atoms with Gasteiger partial charge in [-0.2, -0.15) is 0 Å². The lowest BCUT2D eigenvalue weighted by atomic mass is 9.97. The van der Waals surface area contributed by atoms with Gasteiger partial charge in [-0.3, -0.25) is 4.98 Å². The molecule has 0 saturated carbocycles. The zero-order valence-electron chi connectivity index (χ0n) is 11.2. The van der Waals surface area contributed by atoms with Crippen molar-refractivity contribution in [2.75, 3.05) is 6.61 Å². The highest BCUT2D eigenvalue weighted by Crippen LogP contribution is 2.37. The Kier molecular flexibility index (Phi) is 4.97. The third-order valence-corrected chi connectivity index (χ3v) is 4.42. The Morgan fingerprint density at radius 3 is 2.47 bits per heavy atom. The molecule has 0 aliphatic carbocycles. The topological polar surface area (TPSA) is 22.1 Å². The van der Waals surface area contributed by atoms with Gasteiger partial charge in [-0.1, -0.05) is 41.1 Å². The lowest BCUT2D eigenvalue weighted by Gasteiger charge is -2.18. The second-order valence-electron chi connectivity index (χ2n) is 4.45. The summed E-state index contributed by atoms with van der Waals surface area (Å²) in [6.07, 6.45) is 1.84. The molecular weight excluding hydrogens is 302 g/mol. The van der Waals surface area contributed by atoms with E-state index in [0.29, 0.717) is 12.5 Å².